The minimum Gasteiger partial charge on any atom is -0.454 e. The van der Waals surface area contributed by atoms with E-state index in [1.165, 1.54) is 0 Å². The molecule has 5 nitrogen and oxygen atoms in total. The highest BCUT2D eigenvalue weighted by Crippen LogP contribution is 2.36. The molecule has 0 amide bonds. The number of esters is 1. The van der Waals surface area contributed by atoms with Crippen LogP contribution in [0.3, 0.4) is 0 Å². The van der Waals surface area contributed by atoms with Crippen molar-refractivity contribution in [1.29, 1.82) is 0 Å². The second kappa shape index (κ2) is 7.94. The average Bonchev–Trinajstić information content (AvgIpc) is 2.49. The van der Waals surface area contributed by atoms with Crippen LogP contribution in [0.1, 0.15) is 31.1 Å². The zero-order valence-corrected chi connectivity index (χ0v) is 16.8. The summed E-state index contributed by atoms with van der Waals surface area (Å²) in [5.74, 6) is -0.723. The van der Waals surface area contributed by atoms with E-state index in [4.69, 9.17) is 9.16 Å². The maximum absolute atomic E-state index is 12.0. The van der Waals surface area contributed by atoms with Gasteiger partial charge in [-0.05, 0) is 42.4 Å². The SMILES string of the molecule is CN(C)c1ccc(C(=O)OCC(=O)CO[Si](C)(C)C(C)(C)C)cc1. The van der Waals surface area contributed by atoms with Gasteiger partial charge in [-0.1, -0.05) is 20.8 Å². The molecule has 0 heterocycles. The molecule has 1 aromatic rings. The van der Waals surface area contributed by atoms with Gasteiger partial charge in [-0.3, -0.25) is 4.79 Å². The van der Waals surface area contributed by atoms with Gasteiger partial charge in [0.2, 0.25) is 0 Å². The largest absolute Gasteiger partial charge is 0.454 e. The summed E-state index contributed by atoms with van der Waals surface area (Å²) in [5, 5.41) is 0.0398. The van der Waals surface area contributed by atoms with Gasteiger partial charge in [-0.2, -0.15) is 0 Å². The van der Waals surface area contributed by atoms with Crippen LogP contribution < -0.4 is 4.90 Å². The normalized spacial score (nSPS) is 12.0. The lowest BCUT2D eigenvalue weighted by molar-refractivity contribution is -0.124. The van der Waals surface area contributed by atoms with Crippen LogP contribution in [-0.2, 0) is 14.0 Å². The zero-order chi connectivity index (χ0) is 18.5. The molecule has 6 heteroatoms. The standard InChI is InChI=1S/C18H29NO4Si/c1-18(2,3)24(6,7)23-13-16(20)12-22-17(21)14-8-10-15(11-9-14)19(4)5/h8-11H,12-13H2,1-7H3. The second-order valence-corrected chi connectivity index (χ2v) is 12.4. The lowest BCUT2D eigenvalue weighted by Crippen LogP contribution is -2.42. The molecule has 0 atom stereocenters. The Morgan fingerprint density at radius 2 is 1.58 bits per heavy atom. The third-order valence-electron chi connectivity index (χ3n) is 4.38. The van der Waals surface area contributed by atoms with Crippen LogP contribution in [0, 0.1) is 0 Å². The van der Waals surface area contributed by atoms with E-state index < -0.39 is 14.3 Å². The number of ketones is 1. The fraction of sp³-hybridized carbons (Fsp3) is 0.556. The maximum atomic E-state index is 12.0. The minimum atomic E-state index is -1.97. The molecule has 0 bridgehead atoms. The molecule has 0 spiro atoms. The van der Waals surface area contributed by atoms with Crippen molar-refractivity contribution in [3.63, 3.8) is 0 Å². The minimum absolute atomic E-state index is 0.0106. The number of hydrogen-bond donors (Lipinski definition) is 0. The molecule has 1 aromatic carbocycles. The summed E-state index contributed by atoms with van der Waals surface area (Å²) in [7, 11) is 1.88. The van der Waals surface area contributed by atoms with Gasteiger partial charge in [0.05, 0.1) is 12.2 Å². The predicted octanol–water partition coefficient (Wildman–Crippen LogP) is 3.50. The Morgan fingerprint density at radius 1 is 1.04 bits per heavy atom. The van der Waals surface area contributed by atoms with Crippen molar-refractivity contribution in [1.82, 2.24) is 0 Å². The van der Waals surface area contributed by atoms with E-state index in [2.05, 4.69) is 33.9 Å². The van der Waals surface area contributed by atoms with Crippen LogP contribution in [0.25, 0.3) is 0 Å². The molecule has 0 saturated heterocycles. The zero-order valence-electron chi connectivity index (χ0n) is 15.8. The Balaban J connectivity index is 2.48. The number of anilines is 1. The van der Waals surface area contributed by atoms with Crippen LogP contribution in [0.5, 0.6) is 0 Å². The van der Waals surface area contributed by atoms with Crippen molar-refractivity contribution in [2.75, 3.05) is 32.2 Å². The van der Waals surface area contributed by atoms with Crippen LogP contribution >= 0.6 is 0 Å². The van der Waals surface area contributed by atoms with E-state index in [-0.39, 0.29) is 24.0 Å². The number of rotatable bonds is 7. The Bertz CT molecular complexity index is 574. The van der Waals surface area contributed by atoms with Crippen molar-refractivity contribution in [3.8, 4) is 0 Å². The number of carbonyl (C=O) groups excluding carboxylic acids is 2. The van der Waals surface area contributed by atoms with E-state index >= 15 is 0 Å². The number of nitrogens with zero attached hydrogens (tertiary/aromatic N) is 1. The molecule has 0 N–H and O–H groups in total. The van der Waals surface area contributed by atoms with Gasteiger partial charge >= 0.3 is 5.97 Å². The molecule has 0 radical (unpaired) electrons. The van der Waals surface area contributed by atoms with Crippen molar-refractivity contribution in [2.24, 2.45) is 0 Å². The number of benzene rings is 1. The number of hydrogen-bond acceptors (Lipinski definition) is 5. The van der Waals surface area contributed by atoms with Crippen molar-refractivity contribution < 1.29 is 18.8 Å². The van der Waals surface area contributed by atoms with Crippen LogP contribution in [0.4, 0.5) is 5.69 Å². The molecular formula is C18H29NO4Si. The smallest absolute Gasteiger partial charge is 0.338 e. The van der Waals surface area contributed by atoms with E-state index in [1.807, 2.05) is 31.1 Å². The second-order valence-electron chi connectivity index (χ2n) is 7.61. The average molecular weight is 352 g/mol. The van der Waals surface area contributed by atoms with E-state index in [0.29, 0.717) is 5.56 Å². The summed E-state index contributed by atoms with van der Waals surface area (Å²) in [4.78, 5) is 25.8. The molecule has 0 aliphatic heterocycles. The lowest BCUT2D eigenvalue weighted by atomic mass is 10.2. The first-order chi connectivity index (χ1) is 10.9. The Morgan fingerprint density at radius 3 is 2.04 bits per heavy atom. The Labute approximate surface area is 146 Å². The number of ether oxygens (including phenoxy) is 1. The van der Waals surface area contributed by atoms with Gasteiger partial charge < -0.3 is 14.1 Å². The molecule has 0 fully saturated rings. The predicted molar refractivity (Wildman–Crippen MR) is 99.2 cm³/mol. The van der Waals surface area contributed by atoms with E-state index in [9.17, 15) is 9.59 Å². The number of Topliss-reactive ketones (excluding diaryl/α,β-unsaturated/α-hetero) is 1. The highest BCUT2D eigenvalue weighted by atomic mass is 28.4. The van der Waals surface area contributed by atoms with Crippen LogP contribution in [0.15, 0.2) is 24.3 Å². The van der Waals surface area contributed by atoms with Gasteiger partial charge in [0, 0.05) is 19.8 Å². The van der Waals surface area contributed by atoms with Gasteiger partial charge in [0.1, 0.15) is 0 Å². The molecule has 0 aromatic heterocycles. The molecule has 134 valence electrons. The maximum Gasteiger partial charge on any atom is 0.338 e. The molecule has 0 aliphatic carbocycles. The van der Waals surface area contributed by atoms with Crippen molar-refractivity contribution in [3.05, 3.63) is 29.8 Å². The highest BCUT2D eigenvalue weighted by molar-refractivity contribution is 6.74. The fourth-order valence-electron chi connectivity index (χ4n) is 1.64. The monoisotopic (exact) mass is 351 g/mol. The summed E-state index contributed by atoms with van der Waals surface area (Å²) >= 11 is 0. The third-order valence-corrected chi connectivity index (χ3v) is 8.86. The topological polar surface area (TPSA) is 55.8 Å². The highest BCUT2D eigenvalue weighted by Gasteiger charge is 2.37. The molecular weight excluding hydrogens is 322 g/mol. The van der Waals surface area contributed by atoms with Crippen molar-refractivity contribution in [2.45, 2.75) is 38.9 Å². The summed E-state index contributed by atoms with van der Waals surface area (Å²) in [6.45, 7) is 10.2. The van der Waals surface area contributed by atoms with Crippen LogP contribution in [0.2, 0.25) is 18.1 Å². The van der Waals surface area contributed by atoms with Gasteiger partial charge in [-0.25, -0.2) is 4.79 Å². The quantitative estimate of drug-likeness (QED) is 0.556. The fourth-order valence-corrected chi connectivity index (χ4v) is 2.60. The van der Waals surface area contributed by atoms with Crippen molar-refractivity contribution >= 4 is 25.8 Å². The summed E-state index contributed by atoms with van der Waals surface area (Å²) in [5.41, 5.74) is 1.42. The van der Waals surface area contributed by atoms with Gasteiger partial charge in [0.15, 0.2) is 20.7 Å². The molecule has 0 saturated carbocycles. The third kappa shape index (κ3) is 5.76. The van der Waals surface area contributed by atoms with Crippen LogP contribution in [-0.4, -0.2) is 47.4 Å². The Kier molecular flexibility index (Phi) is 6.74. The first-order valence-electron chi connectivity index (χ1n) is 8.04. The van der Waals surface area contributed by atoms with E-state index in [0.717, 1.165) is 5.69 Å². The first kappa shape index (κ1) is 20.4. The summed E-state index contributed by atoms with van der Waals surface area (Å²) < 4.78 is 10.9. The first-order valence-corrected chi connectivity index (χ1v) is 10.9. The summed E-state index contributed by atoms with van der Waals surface area (Å²) in [6, 6.07) is 7.04. The van der Waals surface area contributed by atoms with E-state index in [1.54, 1.807) is 12.1 Å². The number of carbonyl (C=O) groups is 2. The molecule has 24 heavy (non-hydrogen) atoms. The summed E-state index contributed by atoms with van der Waals surface area (Å²) in [6.07, 6.45) is 0. The molecule has 0 unspecified atom stereocenters. The van der Waals surface area contributed by atoms with Gasteiger partial charge in [0.25, 0.3) is 0 Å². The Hall–Kier alpha value is -1.66. The molecule has 0 aliphatic rings. The van der Waals surface area contributed by atoms with Gasteiger partial charge in [-0.15, -0.1) is 0 Å². The lowest BCUT2D eigenvalue weighted by Gasteiger charge is -2.35. The molecule has 1 rings (SSSR count).